The molecule has 152 valence electrons. The molecule has 0 saturated carbocycles. The van der Waals surface area contributed by atoms with Crippen LogP contribution in [0.15, 0.2) is 78.9 Å². The van der Waals surface area contributed by atoms with Crippen molar-refractivity contribution in [1.82, 2.24) is 0 Å². The summed E-state index contributed by atoms with van der Waals surface area (Å²) in [6.07, 6.45) is 11.0. The van der Waals surface area contributed by atoms with Crippen LogP contribution in [0, 0.1) is 0 Å². The summed E-state index contributed by atoms with van der Waals surface area (Å²) in [5.41, 5.74) is 6.21. The molecule has 3 aliphatic carbocycles. The summed E-state index contributed by atoms with van der Waals surface area (Å²) in [6.45, 7) is 0. The van der Waals surface area contributed by atoms with Crippen LogP contribution in [-0.2, 0) is 0 Å². The van der Waals surface area contributed by atoms with Crippen molar-refractivity contribution in [3.05, 3.63) is 106 Å². The topological polar surface area (TPSA) is 0 Å². The van der Waals surface area contributed by atoms with Crippen LogP contribution < -0.4 is 5.22 Å². The van der Waals surface area contributed by atoms with Crippen molar-refractivity contribution in [3.8, 4) is 0 Å². The fourth-order valence-electron chi connectivity index (χ4n) is 7.18. The van der Waals surface area contributed by atoms with Crippen molar-refractivity contribution in [1.29, 1.82) is 0 Å². The zero-order chi connectivity index (χ0) is 20.8. The summed E-state index contributed by atoms with van der Waals surface area (Å²) in [5.74, 6) is 1.74. The maximum atomic E-state index is 2.52. The molecule has 3 aliphatic rings. The zero-order valence-electron chi connectivity index (χ0n) is 18.0. The lowest BCUT2D eigenvalue weighted by Gasteiger charge is -2.39. The number of rotatable bonds is 1. The molecule has 5 aromatic rings. The van der Waals surface area contributed by atoms with Gasteiger partial charge in [0.2, 0.25) is 0 Å². The van der Waals surface area contributed by atoms with Crippen molar-refractivity contribution in [3.63, 3.8) is 0 Å². The predicted octanol–water partition coefficient (Wildman–Crippen LogP) is 7.82. The van der Waals surface area contributed by atoms with E-state index in [0.29, 0.717) is 17.8 Å². The van der Waals surface area contributed by atoms with Crippen LogP contribution >= 0.6 is 0 Å². The fraction of sp³-hybridized carbons (Fsp3) is 0.188. The van der Waals surface area contributed by atoms with Gasteiger partial charge in [-0.05, 0) is 90.9 Å². The number of allylic oxidation sites excluding steroid dienone is 1. The molecule has 0 saturated heterocycles. The lowest BCUT2D eigenvalue weighted by atomic mass is 9.65. The molecule has 0 bridgehead atoms. The van der Waals surface area contributed by atoms with E-state index in [1.54, 1.807) is 16.7 Å². The molecular formula is C32H24. The molecule has 0 spiro atoms. The van der Waals surface area contributed by atoms with Gasteiger partial charge in [0.15, 0.2) is 0 Å². The third kappa shape index (κ3) is 2.13. The van der Waals surface area contributed by atoms with Gasteiger partial charge in [-0.25, -0.2) is 0 Å². The Hall–Kier alpha value is -3.38. The summed E-state index contributed by atoms with van der Waals surface area (Å²) < 4.78 is 0. The van der Waals surface area contributed by atoms with Crippen molar-refractivity contribution in [2.45, 2.75) is 37.0 Å². The maximum absolute atomic E-state index is 2.52. The van der Waals surface area contributed by atoms with Gasteiger partial charge in [0, 0.05) is 5.92 Å². The highest BCUT2D eigenvalue weighted by atomic mass is 14.4. The van der Waals surface area contributed by atoms with Crippen LogP contribution in [0.5, 0.6) is 0 Å². The Morgan fingerprint density at radius 1 is 0.594 bits per heavy atom. The monoisotopic (exact) mass is 408 g/mol. The molecular weight excluding hydrogens is 384 g/mol. The normalized spacial score (nSPS) is 23.1. The first-order valence-corrected chi connectivity index (χ1v) is 12.0. The Labute approximate surface area is 187 Å². The molecule has 0 fully saturated rings. The Morgan fingerprint density at radius 3 is 2.22 bits per heavy atom. The standard InChI is InChI=1S/C32H24/c1-3-19-7-9-23-11-15-25(27-17-13-21(5-1)29(19)31(23)27)26-16-12-24-10-8-20-4-2-6-22-14-18-28(26)32(24)30(20)22/h1-11,13-14,17-18,24-26H,12,15-16H2. The molecule has 0 aliphatic heterocycles. The van der Waals surface area contributed by atoms with E-state index in [2.05, 4.69) is 91.0 Å². The molecule has 0 amide bonds. The first-order valence-electron chi connectivity index (χ1n) is 12.0. The van der Waals surface area contributed by atoms with Gasteiger partial charge in [0.05, 0.1) is 0 Å². The highest BCUT2D eigenvalue weighted by Gasteiger charge is 2.35. The van der Waals surface area contributed by atoms with Crippen molar-refractivity contribution < 1.29 is 0 Å². The molecule has 0 nitrogen and oxygen atoms in total. The van der Waals surface area contributed by atoms with Gasteiger partial charge in [-0.3, -0.25) is 0 Å². The minimum Gasteiger partial charge on any atom is -0.0764 e. The van der Waals surface area contributed by atoms with E-state index in [9.17, 15) is 0 Å². The summed E-state index contributed by atoms with van der Waals surface area (Å²) in [5, 5.41) is 10.1. The Bertz CT molecular complexity index is 1650. The second-order valence-corrected chi connectivity index (χ2v) is 9.97. The first-order chi connectivity index (χ1) is 15.9. The smallest absolute Gasteiger partial charge is 0.00307 e. The molecule has 0 heteroatoms. The molecule has 3 atom stereocenters. The van der Waals surface area contributed by atoms with Gasteiger partial charge in [-0.15, -0.1) is 0 Å². The van der Waals surface area contributed by atoms with E-state index in [1.807, 2.05) is 0 Å². The average Bonchev–Trinajstić information content (AvgIpc) is 2.86. The second kappa shape index (κ2) is 6.11. The van der Waals surface area contributed by atoms with Gasteiger partial charge in [-0.2, -0.15) is 0 Å². The van der Waals surface area contributed by atoms with Crippen LogP contribution in [0.2, 0.25) is 0 Å². The number of hydrogen-bond acceptors (Lipinski definition) is 0. The third-order valence-electron chi connectivity index (χ3n) is 8.54. The highest BCUT2D eigenvalue weighted by molar-refractivity contribution is 6.12. The van der Waals surface area contributed by atoms with Crippen LogP contribution in [-0.4, -0.2) is 0 Å². The van der Waals surface area contributed by atoms with E-state index in [0.717, 1.165) is 6.42 Å². The molecule has 5 aromatic carbocycles. The molecule has 0 aromatic heterocycles. The van der Waals surface area contributed by atoms with E-state index >= 15 is 0 Å². The van der Waals surface area contributed by atoms with Crippen LogP contribution in [0.1, 0.15) is 59.3 Å². The lowest BCUT2D eigenvalue weighted by molar-refractivity contribution is 0.457. The summed E-state index contributed by atoms with van der Waals surface area (Å²) in [6, 6.07) is 27.8. The molecule has 32 heavy (non-hydrogen) atoms. The van der Waals surface area contributed by atoms with E-state index in [4.69, 9.17) is 0 Å². The third-order valence-corrected chi connectivity index (χ3v) is 8.54. The zero-order valence-corrected chi connectivity index (χ0v) is 18.0. The maximum Gasteiger partial charge on any atom is 0.00307 e. The molecule has 0 N–H and O–H groups in total. The number of hydrogen-bond donors (Lipinski definition) is 0. The van der Waals surface area contributed by atoms with Crippen LogP contribution in [0.4, 0.5) is 0 Å². The minimum atomic E-state index is 0.561. The Kier molecular flexibility index (Phi) is 3.28. The highest BCUT2D eigenvalue weighted by Crippen LogP contribution is 2.52. The number of benzene rings is 5. The van der Waals surface area contributed by atoms with E-state index < -0.39 is 0 Å². The largest absolute Gasteiger partial charge is 0.0764 e. The molecule has 8 rings (SSSR count). The van der Waals surface area contributed by atoms with Gasteiger partial charge in [0.25, 0.3) is 0 Å². The first kappa shape index (κ1) is 17.2. The average molecular weight is 409 g/mol. The Balaban J connectivity index is 1.38. The van der Waals surface area contributed by atoms with Crippen molar-refractivity contribution >= 4 is 44.5 Å². The fourth-order valence-corrected chi connectivity index (χ4v) is 7.18. The van der Waals surface area contributed by atoms with Gasteiger partial charge in [0.1, 0.15) is 0 Å². The SMILES string of the molecule is C1=CC2CCC(C3CC=c4ccc5cccc6ccc3c4c65)c3ccc4cccc1c4c32. The van der Waals surface area contributed by atoms with E-state index in [1.165, 1.54) is 55.9 Å². The summed E-state index contributed by atoms with van der Waals surface area (Å²) >= 11 is 0. The summed E-state index contributed by atoms with van der Waals surface area (Å²) in [4.78, 5) is 0. The van der Waals surface area contributed by atoms with Crippen molar-refractivity contribution in [2.24, 2.45) is 0 Å². The molecule has 0 radical (unpaired) electrons. The van der Waals surface area contributed by atoms with Gasteiger partial charge in [-0.1, -0.05) is 91.0 Å². The summed E-state index contributed by atoms with van der Waals surface area (Å²) in [7, 11) is 0. The molecule has 3 unspecified atom stereocenters. The predicted molar refractivity (Wildman–Crippen MR) is 136 cm³/mol. The van der Waals surface area contributed by atoms with Gasteiger partial charge >= 0.3 is 0 Å². The lowest BCUT2D eigenvalue weighted by Crippen LogP contribution is -2.24. The van der Waals surface area contributed by atoms with Crippen molar-refractivity contribution in [2.75, 3.05) is 0 Å². The molecule has 0 heterocycles. The van der Waals surface area contributed by atoms with Crippen LogP contribution in [0.25, 0.3) is 44.5 Å². The van der Waals surface area contributed by atoms with E-state index in [-0.39, 0.29) is 0 Å². The minimum absolute atomic E-state index is 0.561. The second-order valence-electron chi connectivity index (χ2n) is 9.97. The van der Waals surface area contributed by atoms with Gasteiger partial charge < -0.3 is 0 Å². The quantitative estimate of drug-likeness (QED) is 0.265. The Morgan fingerprint density at radius 2 is 1.34 bits per heavy atom. The van der Waals surface area contributed by atoms with Crippen LogP contribution in [0.3, 0.4) is 0 Å².